The van der Waals surface area contributed by atoms with Crippen LogP contribution in [0.2, 0.25) is 0 Å². The third-order valence-corrected chi connectivity index (χ3v) is 7.49. The fraction of sp³-hybridized carbons (Fsp3) is 0.294. The Balaban J connectivity index is 1.43. The van der Waals surface area contributed by atoms with E-state index >= 15 is 0 Å². The summed E-state index contributed by atoms with van der Waals surface area (Å²) < 4.78 is 2.25. The molecular weight excluding hydrogens is 482 g/mol. The highest BCUT2D eigenvalue weighted by Crippen LogP contribution is 2.31. The van der Waals surface area contributed by atoms with Crippen molar-refractivity contribution in [3.05, 3.63) is 119 Å². The Bertz CT molecular complexity index is 1590. The normalized spacial score (nSPS) is 13.2. The van der Waals surface area contributed by atoms with E-state index in [1.807, 2.05) is 37.3 Å². The SMILES string of the molecule is Cc1cc(C)n2c(n1)c(Cc1ccc(C(CC(C)C)C(=O)NC(CO)c3ccccc3)cc1)c1ccccc12. The van der Waals surface area contributed by atoms with E-state index in [1.165, 1.54) is 27.7 Å². The van der Waals surface area contributed by atoms with Crippen LogP contribution >= 0.6 is 0 Å². The van der Waals surface area contributed by atoms with Crippen LogP contribution in [0.3, 0.4) is 0 Å². The third kappa shape index (κ3) is 5.59. The maximum atomic E-state index is 13.5. The number of hydrogen-bond acceptors (Lipinski definition) is 3. The molecule has 0 spiro atoms. The number of para-hydroxylation sites is 1. The maximum Gasteiger partial charge on any atom is 0.228 e. The van der Waals surface area contributed by atoms with E-state index in [9.17, 15) is 9.90 Å². The number of carbonyl (C=O) groups is 1. The summed E-state index contributed by atoms with van der Waals surface area (Å²) >= 11 is 0. The fourth-order valence-electron chi connectivity index (χ4n) is 5.64. The molecule has 5 heteroatoms. The van der Waals surface area contributed by atoms with Gasteiger partial charge >= 0.3 is 0 Å². The van der Waals surface area contributed by atoms with E-state index in [1.54, 1.807) is 0 Å². The first kappa shape index (κ1) is 26.6. The van der Waals surface area contributed by atoms with E-state index in [4.69, 9.17) is 4.98 Å². The standard InChI is InChI=1S/C34H37N3O2/c1-22(2)18-29(34(39)36-31(21-38)27-10-6-5-7-11-27)26-16-14-25(15-17-26)20-30-28-12-8-9-13-32(28)37-24(4)19-23(3)35-33(30)37/h5-17,19,22,29,31,38H,18,20-21H2,1-4H3,(H,36,39). The Morgan fingerprint density at radius 2 is 1.62 bits per heavy atom. The number of benzene rings is 3. The van der Waals surface area contributed by atoms with Crippen LogP contribution in [-0.2, 0) is 11.2 Å². The first-order valence-electron chi connectivity index (χ1n) is 13.8. The number of fused-ring (bicyclic) bond motifs is 3. The molecule has 0 saturated carbocycles. The summed E-state index contributed by atoms with van der Waals surface area (Å²) in [6, 6.07) is 28.3. The molecule has 1 amide bonds. The number of carbonyl (C=O) groups excluding carboxylic acids is 1. The molecule has 5 rings (SSSR count). The van der Waals surface area contributed by atoms with Crippen LogP contribution in [-0.4, -0.2) is 27.0 Å². The van der Waals surface area contributed by atoms with Crippen LogP contribution in [0.15, 0.2) is 84.9 Å². The minimum absolute atomic E-state index is 0.0565. The van der Waals surface area contributed by atoms with Crippen LogP contribution in [0.4, 0.5) is 0 Å². The molecular formula is C34H37N3O2. The highest BCUT2D eigenvalue weighted by Gasteiger charge is 2.25. The van der Waals surface area contributed by atoms with E-state index in [0.717, 1.165) is 35.3 Å². The summed E-state index contributed by atoms with van der Waals surface area (Å²) in [5.74, 6) is 0.000185. The van der Waals surface area contributed by atoms with Crippen molar-refractivity contribution in [1.29, 1.82) is 0 Å². The summed E-state index contributed by atoms with van der Waals surface area (Å²) in [5.41, 5.74) is 8.66. The second kappa shape index (κ2) is 11.4. The molecule has 0 bridgehead atoms. The van der Waals surface area contributed by atoms with Gasteiger partial charge in [0.15, 0.2) is 0 Å². The zero-order valence-electron chi connectivity index (χ0n) is 23.2. The Labute approximate surface area is 230 Å². The van der Waals surface area contributed by atoms with Gasteiger partial charge in [0.1, 0.15) is 5.65 Å². The fourth-order valence-corrected chi connectivity index (χ4v) is 5.64. The van der Waals surface area contributed by atoms with Gasteiger partial charge in [-0.1, -0.05) is 86.6 Å². The molecule has 0 aliphatic carbocycles. The molecule has 5 nitrogen and oxygen atoms in total. The maximum absolute atomic E-state index is 13.5. The van der Waals surface area contributed by atoms with Gasteiger partial charge in [-0.2, -0.15) is 0 Å². The number of rotatable bonds is 9. The van der Waals surface area contributed by atoms with Gasteiger partial charge in [0.25, 0.3) is 0 Å². The van der Waals surface area contributed by atoms with Gasteiger partial charge in [0.05, 0.1) is 24.1 Å². The monoisotopic (exact) mass is 519 g/mol. The van der Waals surface area contributed by atoms with Crippen LogP contribution in [0.5, 0.6) is 0 Å². The Hall–Kier alpha value is -3.96. The number of aryl methyl sites for hydroxylation is 2. The molecule has 5 aromatic rings. The van der Waals surface area contributed by atoms with Gasteiger partial charge in [0, 0.05) is 28.8 Å². The number of aromatic nitrogens is 2. The van der Waals surface area contributed by atoms with Crippen LogP contribution in [0.25, 0.3) is 16.6 Å². The summed E-state index contributed by atoms with van der Waals surface area (Å²) in [7, 11) is 0. The Morgan fingerprint density at radius 1 is 0.923 bits per heavy atom. The van der Waals surface area contributed by atoms with Crippen molar-refractivity contribution in [3.8, 4) is 0 Å². The Morgan fingerprint density at radius 3 is 2.31 bits per heavy atom. The predicted molar refractivity (Wildman–Crippen MR) is 158 cm³/mol. The number of nitrogens with zero attached hydrogens (tertiary/aromatic N) is 2. The van der Waals surface area contributed by atoms with Crippen molar-refractivity contribution in [2.45, 2.75) is 52.5 Å². The molecule has 200 valence electrons. The van der Waals surface area contributed by atoms with Gasteiger partial charge in [-0.3, -0.25) is 9.20 Å². The summed E-state index contributed by atoms with van der Waals surface area (Å²) in [4.78, 5) is 18.4. The first-order chi connectivity index (χ1) is 18.9. The molecule has 0 aliphatic rings. The molecule has 2 unspecified atom stereocenters. The number of nitrogens with one attached hydrogen (secondary N) is 1. The van der Waals surface area contributed by atoms with Crippen LogP contribution in [0.1, 0.15) is 65.9 Å². The molecule has 0 fully saturated rings. The van der Waals surface area contributed by atoms with Crippen molar-refractivity contribution in [3.63, 3.8) is 0 Å². The van der Waals surface area contributed by atoms with Gasteiger partial charge < -0.3 is 10.4 Å². The minimum atomic E-state index is -0.427. The largest absolute Gasteiger partial charge is 0.394 e. The number of hydrogen-bond donors (Lipinski definition) is 2. The van der Waals surface area contributed by atoms with Crippen molar-refractivity contribution in [2.24, 2.45) is 5.92 Å². The second-order valence-corrected chi connectivity index (χ2v) is 10.9. The van der Waals surface area contributed by atoms with Crippen molar-refractivity contribution >= 4 is 22.5 Å². The van der Waals surface area contributed by atoms with E-state index in [2.05, 4.69) is 85.1 Å². The van der Waals surface area contributed by atoms with Crippen molar-refractivity contribution in [1.82, 2.24) is 14.7 Å². The first-order valence-corrected chi connectivity index (χ1v) is 13.8. The summed E-state index contributed by atoms with van der Waals surface area (Å²) in [6.45, 7) is 8.30. The highest BCUT2D eigenvalue weighted by atomic mass is 16.3. The van der Waals surface area contributed by atoms with E-state index in [0.29, 0.717) is 5.92 Å². The van der Waals surface area contributed by atoms with Gasteiger partial charge in [-0.15, -0.1) is 0 Å². The van der Waals surface area contributed by atoms with Crippen molar-refractivity contribution in [2.75, 3.05) is 6.61 Å². The smallest absolute Gasteiger partial charge is 0.228 e. The molecule has 2 heterocycles. The van der Waals surface area contributed by atoms with Crippen LogP contribution in [0, 0.1) is 19.8 Å². The minimum Gasteiger partial charge on any atom is -0.394 e. The third-order valence-electron chi connectivity index (χ3n) is 7.49. The predicted octanol–water partition coefficient (Wildman–Crippen LogP) is 6.67. The Kier molecular flexibility index (Phi) is 7.80. The lowest BCUT2D eigenvalue weighted by Crippen LogP contribution is -2.35. The molecule has 0 radical (unpaired) electrons. The van der Waals surface area contributed by atoms with Gasteiger partial charge in [0.2, 0.25) is 5.91 Å². The average molecular weight is 520 g/mol. The summed E-state index contributed by atoms with van der Waals surface area (Å²) in [5, 5.41) is 14.3. The zero-order valence-corrected chi connectivity index (χ0v) is 23.2. The highest BCUT2D eigenvalue weighted by molar-refractivity contribution is 5.91. The summed E-state index contributed by atoms with van der Waals surface area (Å²) in [6.07, 6.45) is 1.49. The van der Waals surface area contributed by atoms with Crippen molar-refractivity contribution < 1.29 is 9.90 Å². The molecule has 2 aromatic heterocycles. The topological polar surface area (TPSA) is 66.6 Å². The van der Waals surface area contributed by atoms with E-state index < -0.39 is 6.04 Å². The lowest BCUT2D eigenvalue weighted by molar-refractivity contribution is -0.124. The van der Waals surface area contributed by atoms with E-state index in [-0.39, 0.29) is 18.4 Å². The van der Waals surface area contributed by atoms with Gasteiger partial charge in [-0.05, 0) is 55.0 Å². The molecule has 3 aromatic carbocycles. The zero-order chi connectivity index (χ0) is 27.5. The lowest BCUT2D eigenvalue weighted by atomic mass is 9.88. The average Bonchev–Trinajstić information content (AvgIpc) is 3.24. The molecule has 39 heavy (non-hydrogen) atoms. The number of aliphatic hydroxyl groups is 1. The number of amides is 1. The lowest BCUT2D eigenvalue weighted by Gasteiger charge is -2.23. The molecule has 0 saturated heterocycles. The second-order valence-electron chi connectivity index (χ2n) is 10.9. The van der Waals surface area contributed by atoms with Gasteiger partial charge in [-0.25, -0.2) is 4.98 Å². The molecule has 2 atom stereocenters. The quantitative estimate of drug-likeness (QED) is 0.228. The van der Waals surface area contributed by atoms with Crippen LogP contribution < -0.4 is 5.32 Å². The number of aliphatic hydroxyl groups excluding tert-OH is 1. The molecule has 0 aliphatic heterocycles. The molecule has 2 N–H and O–H groups in total.